The molecule has 23 heteroatoms. The molecule has 74 heavy (non-hydrogen) atoms. The molecule has 0 bridgehead atoms. The van der Waals surface area contributed by atoms with E-state index in [-0.39, 0.29) is 104 Å². The molecule has 9 amide bonds. The van der Waals surface area contributed by atoms with Crippen LogP contribution in [0.25, 0.3) is 0 Å². The van der Waals surface area contributed by atoms with Crippen LogP contribution in [0.2, 0.25) is 0 Å². The minimum absolute atomic E-state index is 0.0202. The number of rotatable bonds is 22. The van der Waals surface area contributed by atoms with Gasteiger partial charge in [0.25, 0.3) is 11.8 Å². The van der Waals surface area contributed by atoms with Crippen molar-refractivity contribution < 1.29 is 72.8 Å². The predicted octanol–water partition coefficient (Wildman–Crippen LogP) is 2.04. The molecule has 3 aliphatic rings. The van der Waals surface area contributed by atoms with Gasteiger partial charge >= 0.3 is 12.1 Å². The summed E-state index contributed by atoms with van der Waals surface area (Å²) in [5, 5.41) is 48.7. The fourth-order valence-corrected chi connectivity index (χ4v) is 8.76. The van der Waals surface area contributed by atoms with Crippen LogP contribution >= 0.6 is 0 Å². The molecule has 3 aromatic carbocycles. The highest BCUT2D eigenvalue weighted by Gasteiger charge is 2.44. The molecule has 0 saturated carbocycles. The van der Waals surface area contributed by atoms with E-state index in [1.165, 1.54) is 49.4 Å². The first kappa shape index (κ1) is 54.9. The number of urea groups is 1. The molecule has 0 saturated heterocycles. The minimum atomic E-state index is -1.84. The number of hydrogen-bond acceptors (Lipinski definition) is 15. The van der Waals surface area contributed by atoms with E-state index in [9.17, 15) is 68.1 Å². The highest BCUT2D eigenvalue weighted by Crippen LogP contribution is 2.48. The summed E-state index contributed by atoms with van der Waals surface area (Å²) in [5.41, 5.74) is 2.64. The van der Waals surface area contributed by atoms with E-state index >= 15 is 0 Å². The number of carbonyl (C=O) groups excluding carboxylic acids is 11. The Kier molecular flexibility index (Phi) is 17.7. The number of amides is 9. The number of ketones is 3. The molecule has 0 aromatic heterocycles. The van der Waals surface area contributed by atoms with Gasteiger partial charge in [0, 0.05) is 60.5 Å². The molecular formula is C51H58N8O15. The van der Waals surface area contributed by atoms with E-state index in [4.69, 9.17) is 10.5 Å². The number of carbonyl (C=O) groups is 11. The van der Waals surface area contributed by atoms with E-state index < -0.39 is 100.0 Å². The summed E-state index contributed by atoms with van der Waals surface area (Å²) in [7, 11) is 0. The van der Waals surface area contributed by atoms with Gasteiger partial charge in [0.1, 0.15) is 42.3 Å². The number of ether oxygens (including phenoxy) is 1. The van der Waals surface area contributed by atoms with Gasteiger partial charge in [-0.2, -0.15) is 0 Å². The van der Waals surface area contributed by atoms with E-state index in [1.54, 1.807) is 26.0 Å². The minimum Gasteiger partial charge on any atom is -0.507 e. The molecule has 0 radical (unpaired) electrons. The number of nitrogens with one attached hydrogen (secondary N) is 6. The van der Waals surface area contributed by atoms with E-state index in [2.05, 4.69) is 31.9 Å². The number of alkyl carbamates (subject to hydrolysis) is 1. The molecule has 392 valence electrons. The molecule has 3 atom stereocenters. The monoisotopic (exact) mass is 1020 g/mol. The number of primary amides is 1. The van der Waals surface area contributed by atoms with Crippen molar-refractivity contribution in [2.24, 2.45) is 11.7 Å². The average molecular weight is 1020 g/mol. The zero-order chi connectivity index (χ0) is 54.0. The first-order valence-corrected chi connectivity index (χ1v) is 23.9. The Labute approximate surface area is 424 Å². The lowest BCUT2D eigenvalue weighted by atomic mass is 9.73. The number of imide groups is 1. The third-order valence-electron chi connectivity index (χ3n) is 12.9. The summed E-state index contributed by atoms with van der Waals surface area (Å²) >= 11 is 0. The number of Topliss-reactive ketones (excluding diaryl/α,β-unsaturated/α-hetero) is 1. The third kappa shape index (κ3) is 12.9. The zero-order valence-corrected chi connectivity index (χ0v) is 40.9. The van der Waals surface area contributed by atoms with Crippen molar-refractivity contribution in [1.82, 2.24) is 26.2 Å². The van der Waals surface area contributed by atoms with Crippen molar-refractivity contribution in [3.8, 4) is 11.5 Å². The van der Waals surface area contributed by atoms with Gasteiger partial charge in [0.2, 0.25) is 23.6 Å². The van der Waals surface area contributed by atoms with Crippen LogP contribution in [0.4, 0.5) is 21.0 Å². The number of unbranched alkanes of at least 4 members (excludes halogenated alkanes) is 2. The Morgan fingerprint density at radius 3 is 2.11 bits per heavy atom. The second kappa shape index (κ2) is 23.8. The maximum atomic E-state index is 13.9. The van der Waals surface area contributed by atoms with Crippen molar-refractivity contribution in [2.75, 3.05) is 30.3 Å². The van der Waals surface area contributed by atoms with Crippen molar-refractivity contribution in [3.63, 3.8) is 0 Å². The topological polar surface area (TPSA) is 359 Å². The number of fused-ring (bicyclic) bond motifs is 3. The van der Waals surface area contributed by atoms with Crippen LogP contribution < -0.4 is 37.6 Å². The lowest BCUT2D eigenvalue weighted by Crippen LogP contribution is -2.54. The third-order valence-corrected chi connectivity index (χ3v) is 12.9. The Bertz CT molecular complexity index is 2810. The maximum absolute atomic E-state index is 13.9. The average Bonchev–Trinajstić information content (AvgIpc) is 3.68. The molecule has 0 spiro atoms. The molecule has 3 aromatic rings. The highest BCUT2D eigenvalue weighted by atomic mass is 16.5. The first-order valence-electron chi connectivity index (χ1n) is 23.9. The van der Waals surface area contributed by atoms with Gasteiger partial charge in [0.05, 0.1) is 22.4 Å². The predicted molar refractivity (Wildman–Crippen MR) is 262 cm³/mol. The fourth-order valence-electron chi connectivity index (χ4n) is 8.76. The largest absolute Gasteiger partial charge is 0.507 e. The Hall–Kier alpha value is -8.47. The van der Waals surface area contributed by atoms with Gasteiger partial charge in [-0.15, -0.1) is 0 Å². The number of anilines is 2. The smallest absolute Gasteiger partial charge is 0.407 e. The lowest BCUT2D eigenvalue weighted by molar-refractivity contribution is -0.137. The number of nitrogens with zero attached hydrogens (tertiary/aromatic N) is 1. The molecule has 6 rings (SSSR count). The molecular weight excluding hydrogens is 965 g/mol. The van der Waals surface area contributed by atoms with Crippen LogP contribution in [0.3, 0.4) is 0 Å². The number of benzene rings is 3. The molecule has 11 N–H and O–H groups in total. The lowest BCUT2D eigenvalue weighted by Gasteiger charge is -2.34. The van der Waals surface area contributed by atoms with Crippen LogP contribution in [-0.4, -0.2) is 122 Å². The standard InChI is InChI=1S/C51H58N8O15/c1-26(2)42(58-35(61)12-5-4-6-22-59-37(63)17-18-38(59)64)48(70)57-34(11-8-21-53-49(52)71)47(69)55-29-15-13-28(14-16-29)25-74-50(72)54-24-36(62)56-33-10-7-9-31-39(33)46(68)41-40(44(31)66)45(67)32-23-51(73,27(3)60)20-19-30(32)43(41)65/h7,9-10,13-18,26,34,42,65,67,73H,4-6,8,11-12,19-25H2,1-3H3,(H,54,72)(H,55,69)(H,56,62)(H,57,70)(H,58,61)(H3,52,53,71)/t34-,42-,51+/m0/s1. The molecule has 0 unspecified atom stereocenters. The van der Waals surface area contributed by atoms with E-state index in [1.807, 2.05) is 0 Å². The number of phenols is 2. The maximum Gasteiger partial charge on any atom is 0.407 e. The van der Waals surface area contributed by atoms with Gasteiger partial charge in [-0.1, -0.05) is 44.5 Å². The highest BCUT2D eigenvalue weighted by molar-refractivity contribution is 6.32. The summed E-state index contributed by atoms with van der Waals surface area (Å²) < 4.78 is 5.24. The van der Waals surface area contributed by atoms with Crippen LogP contribution in [0.5, 0.6) is 11.5 Å². The molecule has 1 heterocycles. The number of nitrogens with two attached hydrogens (primary N) is 1. The second-order valence-electron chi connectivity index (χ2n) is 18.5. The Morgan fingerprint density at radius 2 is 1.45 bits per heavy atom. The SMILES string of the molecule is CC(=O)[C@@]1(O)CCc2c(O)c3c(c(O)c2C1)C(=O)c1cccc(NC(=O)CNC(=O)OCc2ccc(NC(=O)[C@H](CCCNC(N)=O)NC(=O)[C@@H](NC(=O)CCCCCN4C(=O)C=CC4=O)C(C)C)cc2)c1C3=O. The number of hydrogen-bond donors (Lipinski definition) is 10. The summed E-state index contributed by atoms with van der Waals surface area (Å²) in [5.74, 6) is -7.10. The molecule has 1 aliphatic heterocycles. The normalized spacial score (nSPS) is 16.3. The van der Waals surface area contributed by atoms with Crippen molar-refractivity contribution in [1.29, 1.82) is 0 Å². The van der Waals surface area contributed by atoms with Gasteiger partial charge in [-0.25, -0.2) is 9.59 Å². The van der Waals surface area contributed by atoms with Crippen LogP contribution in [-0.2, 0) is 57.7 Å². The van der Waals surface area contributed by atoms with E-state index in [0.29, 0.717) is 30.5 Å². The number of aliphatic hydroxyl groups is 1. The Balaban J connectivity index is 0.989. The number of aromatic hydroxyl groups is 2. The fraction of sp³-hybridized carbons (Fsp3) is 0.392. The zero-order valence-electron chi connectivity index (χ0n) is 40.9. The van der Waals surface area contributed by atoms with Gasteiger partial charge < -0.3 is 57.7 Å². The first-order chi connectivity index (χ1) is 35.1. The molecule has 23 nitrogen and oxygen atoms in total. The molecule has 2 aliphatic carbocycles. The van der Waals surface area contributed by atoms with Crippen molar-refractivity contribution in [2.45, 2.75) is 103 Å². The van der Waals surface area contributed by atoms with Gasteiger partial charge in [-0.3, -0.25) is 48.1 Å². The van der Waals surface area contributed by atoms with Crippen LogP contribution in [0.1, 0.15) is 114 Å². The number of phenolic OH excluding ortho intramolecular Hbond substituents is 2. The van der Waals surface area contributed by atoms with Crippen LogP contribution in [0, 0.1) is 5.92 Å². The van der Waals surface area contributed by atoms with Gasteiger partial charge in [-0.05, 0) is 75.1 Å². The van der Waals surface area contributed by atoms with Gasteiger partial charge in [0.15, 0.2) is 17.3 Å². The summed E-state index contributed by atoms with van der Waals surface area (Å²) in [6.45, 7) is 4.06. The van der Waals surface area contributed by atoms with Crippen molar-refractivity contribution in [3.05, 3.63) is 93.6 Å². The second-order valence-corrected chi connectivity index (χ2v) is 18.5. The van der Waals surface area contributed by atoms with E-state index in [0.717, 1.165) is 4.90 Å². The quantitative estimate of drug-likeness (QED) is 0.0306. The van der Waals surface area contributed by atoms with Crippen LogP contribution in [0.15, 0.2) is 54.6 Å². The Morgan fingerprint density at radius 1 is 0.770 bits per heavy atom. The van der Waals surface area contributed by atoms with Crippen molar-refractivity contribution >= 4 is 76.3 Å². The summed E-state index contributed by atoms with van der Waals surface area (Å²) in [6.07, 6.45) is 2.73. The molecule has 0 fully saturated rings. The summed E-state index contributed by atoms with van der Waals surface area (Å²) in [4.78, 5) is 141. The summed E-state index contributed by atoms with van der Waals surface area (Å²) in [6, 6.07) is 7.22.